The number of nitrogens with zero attached hydrogens (tertiary/aromatic N) is 1. The summed E-state index contributed by atoms with van der Waals surface area (Å²) in [5.74, 6) is 0.948. The summed E-state index contributed by atoms with van der Waals surface area (Å²) in [6, 6.07) is 9.11. The second-order valence-electron chi connectivity index (χ2n) is 6.13. The first-order valence-electron chi connectivity index (χ1n) is 8.82. The summed E-state index contributed by atoms with van der Waals surface area (Å²) in [5.41, 5.74) is 0.931. The molecule has 2 rings (SSSR count). The fourth-order valence-electron chi connectivity index (χ4n) is 2.68. The summed E-state index contributed by atoms with van der Waals surface area (Å²) < 4.78 is 11.3. The van der Waals surface area contributed by atoms with Gasteiger partial charge in [0.2, 0.25) is 11.8 Å². The van der Waals surface area contributed by atoms with Crippen LogP contribution in [-0.2, 0) is 22.7 Å². The van der Waals surface area contributed by atoms with E-state index in [-0.39, 0.29) is 11.8 Å². The number of ether oxygens (including phenoxy) is 2. The minimum Gasteiger partial charge on any atom is -0.493 e. The number of likely N-dealkylation sites (N-methyl/N-ethyl adjacent to an activating group) is 1. The molecule has 1 aromatic heterocycles. The maximum Gasteiger partial charge on any atom is 0.245 e. The van der Waals surface area contributed by atoms with Gasteiger partial charge in [0.05, 0.1) is 7.11 Å². The number of amides is 2. The Labute approximate surface area is 164 Å². The Morgan fingerprint density at radius 3 is 2.63 bits per heavy atom. The molecule has 27 heavy (non-hydrogen) atoms. The zero-order chi connectivity index (χ0) is 19.8. The predicted octanol–water partition coefficient (Wildman–Crippen LogP) is 3.21. The minimum atomic E-state index is -0.558. The Hall–Kier alpha value is -2.54. The van der Waals surface area contributed by atoms with Crippen LogP contribution >= 0.6 is 11.3 Å². The molecule has 6 nitrogen and oxygen atoms in total. The van der Waals surface area contributed by atoms with E-state index in [1.54, 1.807) is 30.3 Å². The summed E-state index contributed by atoms with van der Waals surface area (Å²) in [4.78, 5) is 26.5. The highest BCUT2D eigenvalue weighted by atomic mass is 32.1. The summed E-state index contributed by atoms with van der Waals surface area (Å²) in [7, 11) is 1.60. The van der Waals surface area contributed by atoms with Crippen LogP contribution < -0.4 is 14.8 Å². The third-order valence-corrected chi connectivity index (χ3v) is 4.88. The van der Waals surface area contributed by atoms with E-state index in [1.807, 2.05) is 42.6 Å². The van der Waals surface area contributed by atoms with Gasteiger partial charge in [0.25, 0.3) is 0 Å². The van der Waals surface area contributed by atoms with Crippen LogP contribution in [0.5, 0.6) is 11.5 Å². The molecule has 146 valence electrons. The fraction of sp³-hybridized carbons (Fsp3) is 0.400. The molecular weight excluding hydrogens is 364 g/mol. The Morgan fingerprint density at radius 1 is 1.26 bits per heavy atom. The van der Waals surface area contributed by atoms with E-state index in [0.29, 0.717) is 31.2 Å². The molecule has 0 aliphatic heterocycles. The third kappa shape index (κ3) is 5.99. The maximum absolute atomic E-state index is 12.5. The number of nitrogens with one attached hydrogen (secondary N) is 1. The highest BCUT2D eigenvalue weighted by Crippen LogP contribution is 2.29. The second kappa shape index (κ2) is 9.97. The zero-order valence-corrected chi connectivity index (χ0v) is 17.0. The molecule has 1 atom stereocenters. The molecule has 1 N–H and O–H groups in total. The molecule has 0 spiro atoms. The maximum atomic E-state index is 12.5. The lowest BCUT2D eigenvalue weighted by molar-refractivity contribution is -0.135. The second-order valence-corrected chi connectivity index (χ2v) is 7.16. The number of thiophene rings is 1. The van der Waals surface area contributed by atoms with Crippen molar-refractivity contribution in [2.75, 3.05) is 13.7 Å². The molecule has 0 bridgehead atoms. The van der Waals surface area contributed by atoms with Crippen LogP contribution in [0.15, 0.2) is 35.7 Å². The van der Waals surface area contributed by atoms with E-state index in [4.69, 9.17) is 9.47 Å². The lowest BCUT2D eigenvalue weighted by Gasteiger charge is -2.25. The van der Waals surface area contributed by atoms with Gasteiger partial charge in [-0.2, -0.15) is 0 Å². The van der Waals surface area contributed by atoms with E-state index in [2.05, 4.69) is 5.32 Å². The SMILES string of the molecule is CCN(Cc1ccc(OCc2cccs2)c(OC)c1)C(=O)C(C)NC(C)=O. The van der Waals surface area contributed by atoms with E-state index < -0.39 is 6.04 Å². The number of benzene rings is 1. The van der Waals surface area contributed by atoms with Crippen LogP contribution in [0.3, 0.4) is 0 Å². The van der Waals surface area contributed by atoms with Crippen LogP contribution in [0.2, 0.25) is 0 Å². The first-order chi connectivity index (χ1) is 12.9. The van der Waals surface area contributed by atoms with E-state index in [1.165, 1.54) is 6.92 Å². The van der Waals surface area contributed by atoms with Gasteiger partial charge in [-0.15, -0.1) is 11.3 Å². The Balaban J connectivity index is 2.06. The molecule has 0 saturated carbocycles. The number of rotatable bonds is 9. The standard InChI is InChI=1S/C20H26N2O4S/c1-5-22(20(24)14(2)21-15(3)23)12-16-8-9-18(19(11-16)25-4)26-13-17-7-6-10-27-17/h6-11,14H,5,12-13H2,1-4H3,(H,21,23). The van der Waals surface area contributed by atoms with E-state index >= 15 is 0 Å². The molecule has 0 aliphatic rings. The predicted molar refractivity (Wildman–Crippen MR) is 106 cm³/mol. The normalized spacial score (nSPS) is 11.6. The van der Waals surface area contributed by atoms with Gasteiger partial charge in [-0.3, -0.25) is 9.59 Å². The average Bonchev–Trinajstić information content (AvgIpc) is 3.17. The van der Waals surface area contributed by atoms with Gasteiger partial charge < -0.3 is 19.7 Å². The van der Waals surface area contributed by atoms with E-state index in [0.717, 1.165) is 10.4 Å². The molecular formula is C20H26N2O4S. The van der Waals surface area contributed by atoms with Crippen LogP contribution in [0.1, 0.15) is 31.2 Å². The number of methoxy groups -OCH3 is 1. The molecule has 7 heteroatoms. The number of hydrogen-bond donors (Lipinski definition) is 1. The lowest BCUT2D eigenvalue weighted by Crippen LogP contribution is -2.46. The summed E-state index contributed by atoms with van der Waals surface area (Å²) in [5, 5.41) is 4.64. The van der Waals surface area contributed by atoms with Gasteiger partial charge in [0, 0.05) is 24.9 Å². The molecule has 0 fully saturated rings. The Bertz CT molecular complexity index is 761. The van der Waals surface area contributed by atoms with Gasteiger partial charge in [-0.1, -0.05) is 12.1 Å². The van der Waals surface area contributed by atoms with Crippen LogP contribution in [0.25, 0.3) is 0 Å². The first-order valence-corrected chi connectivity index (χ1v) is 9.70. The fourth-order valence-corrected chi connectivity index (χ4v) is 3.30. The smallest absolute Gasteiger partial charge is 0.245 e. The summed E-state index contributed by atoms with van der Waals surface area (Å²) in [6.07, 6.45) is 0. The number of carbonyl (C=O) groups is 2. The topological polar surface area (TPSA) is 67.9 Å². The lowest BCUT2D eigenvalue weighted by atomic mass is 10.1. The molecule has 0 radical (unpaired) electrons. The summed E-state index contributed by atoms with van der Waals surface area (Å²) >= 11 is 1.64. The largest absolute Gasteiger partial charge is 0.493 e. The van der Waals surface area contributed by atoms with Crippen LogP contribution in [0.4, 0.5) is 0 Å². The number of hydrogen-bond acceptors (Lipinski definition) is 5. The van der Waals surface area contributed by atoms with Crippen LogP contribution in [-0.4, -0.2) is 36.4 Å². The van der Waals surface area contributed by atoms with Crippen LogP contribution in [0, 0.1) is 0 Å². The molecule has 2 aromatic rings. The Morgan fingerprint density at radius 2 is 2.04 bits per heavy atom. The zero-order valence-electron chi connectivity index (χ0n) is 16.2. The van der Waals surface area contributed by atoms with Crippen molar-refractivity contribution in [1.29, 1.82) is 0 Å². The van der Waals surface area contributed by atoms with Gasteiger partial charge in [-0.25, -0.2) is 0 Å². The van der Waals surface area contributed by atoms with Gasteiger partial charge in [0.15, 0.2) is 11.5 Å². The Kier molecular flexibility index (Phi) is 7.67. The minimum absolute atomic E-state index is 0.121. The highest BCUT2D eigenvalue weighted by molar-refractivity contribution is 7.09. The van der Waals surface area contributed by atoms with Crippen molar-refractivity contribution in [2.45, 2.75) is 40.0 Å². The first kappa shape index (κ1) is 20.8. The molecule has 1 heterocycles. The summed E-state index contributed by atoms with van der Waals surface area (Å²) in [6.45, 7) is 6.46. The highest BCUT2D eigenvalue weighted by Gasteiger charge is 2.20. The van der Waals surface area contributed by atoms with Crippen molar-refractivity contribution < 1.29 is 19.1 Å². The quantitative estimate of drug-likeness (QED) is 0.714. The van der Waals surface area contributed by atoms with E-state index in [9.17, 15) is 9.59 Å². The monoisotopic (exact) mass is 390 g/mol. The van der Waals surface area contributed by atoms with Crippen molar-refractivity contribution in [3.63, 3.8) is 0 Å². The van der Waals surface area contributed by atoms with Crippen molar-refractivity contribution in [3.8, 4) is 11.5 Å². The van der Waals surface area contributed by atoms with Crippen molar-refractivity contribution in [2.24, 2.45) is 0 Å². The van der Waals surface area contributed by atoms with Crippen molar-refractivity contribution >= 4 is 23.2 Å². The van der Waals surface area contributed by atoms with Gasteiger partial charge in [0.1, 0.15) is 12.6 Å². The molecule has 1 unspecified atom stereocenters. The third-order valence-electron chi connectivity index (χ3n) is 4.04. The average molecular weight is 391 g/mol. The van der Waals surface area contributed by atoms with Crippen molar-refractivity contribution in [1.82, 2.24) is 10.2 Å². The van der Waals surface area contributed by atoms with Gasteiger partial charge in [-0.05, 0) is 43.0 Å². The molecule has 0 saturated heterocycles. The molecule has 2 amide bonds. The number of carbonyl (C=O) groups excluding carboxylic acids is 2. The van der Waals surface area contributed by atoms with Gasteiger partial charge >= 0.3 is 0 Å². The molecule has 1 aromatic carbocycles. The van der Waals surface area contributed by atoms with Crippen molar-refractivity contribution in [3.05, 3.63) is 46.2 Å². The molecule has 0 aliphatic carbocycles.